The molecule has 0 amide bonds. The smallest absolute Gasteiger partial charge is 0.367 e. The van der Waals surface area contributed by atoms with Crippen LogP contribution in [0.25, 0.3) is 0 Å². The number of sulfonamides is 1. The van der Waals surface area contributed by atoms with Crippen LogP contribution in [-0.4, -0.2) is 77.8 Å². The number of aromatic nitrogens is 1. The average molecular weight is 647 g/mol. The first-order valence-electron chi connectivity index (χ1n) is 14.0. The van der Waals surface area contributed by atoms with Gasteiger partial charge in [-0.15, -0.1) is 0 Å². The molecule has 0 aliphatic carbocycles. The molecule has 42 heavy (non-hydrogen) atoms. The first-order valence-corrected chi connectivity index (χ1v) is 18.1. The summed E-state index contributed by atoms with van der Waals surface area (Å²) in [6.07, 6.45) is 5.59. The van der Waals surface area contributed by atoms with Gasteiger partial charge in [0, 0.05) is 67.1 Å². The molecule has 14 heteroatoms. The molecule has 0 saturated carbocycles. The molecule has 2 aromatic rings. The summed E-state index contributed by atoms with van der Waals surface area (Å²) in [5, 5.41) is -0.681. The third-order valence-electron chi connectivity index (χ3n) is 6.97. The molecule has 1 aliphatic heterocycles. The molecular weight excluding hydrogens is 604 g/mol. The van der Waals surface area contributed by atoms with Gasteiger partial charge in [-0.05, 0) is 56.2 Å². The van der Waals surface area contributed by atoms with Crippen molar-refractivity contribution in [1.29, 1.82) is 0 Å². The number of nitrogens with one attached hydrogen (secondary N) is 1. The van der Waals surface area contributed by atoms with Gasteiger partial charge in [0.05, 0.1) is 18.1 Å². The summed E-state index contributed by atoms with van der Waals surface area (Å²) in [6, 6.07) is 11.3. The number of piperazine rings is 1. The number of nitrogens with zero attached hydrogens (tertiary/aromatic N) is 3. The second kappa shape index (κ2) is 16.3. The number of ether oxygens (including phenoxy) is 2. The van der Waals surface area contributed by atoms with E-state index in [9.17, 15) is 21.6 Å². The minimum absolute atomic E-state index is 0.0635. The fourth-order valence-electron chi connectivity index (χ4n) is 4.13. The molecule has 1 N–H and O–H groups in total. The fourth-order valence-corrected chi connectivity index (χ4v) is 6.46. The van der Waals surface area contributed by atoms with Gasteiger partial charge in [-0.2, -0.15) is 4.72 Å². The summed E-state index contributed by atoms with van der Waals surface area (Å²) in [6.45, 7) is 10.4. The predicted octanol–water partition coefficient (Wildman–Crippen LogP) is 4.14. The van der Waals surface area contributed by atoms with Crippen LogP contribution in [0, 0.1) is 0 Å². The molecule has 2 unspecified atom stereocenters. The van der Waals surface area contributed by atoms with Crippen LogP contribution >= 0.6 is 10.7 Å². The molecule has 0 bridgehead atoms. The number of esters is 1. The SMILES string of the molecule is CCC(C)S(=O)(=O)NC(CC)(Oc1ccc(N2CCN(c3ccncc3)CC2)cc1)C(=O)OC.CCCCS(=O)(=O)Cl. The van der Waals surface area contributed by atoms with E-state index in [1.54, 1.807) is 45.3 Å². The molecule has 1 aliphatic rings. The van der Waals surface area contributed by atoms with E-state index in [1.165, 1.54) is 7.11 Å². The minimum atomic E-state index is -3.80. The zero-order valence-electron chi connectivity index (χ0n) is 25.0. The van der Waals surface area contributed by atoms with E-state index in [2.05, 4.69) is 19.5 Å². The molecule has 2 heterocycles. The van der Waals surface area contributed by atoms with Gasteiger partial charge in [-0.25, -0.2) is 21.6 Å². The molecule has 1 aromatic carbocycles. The molecule has 2 atom stereocenters. The van der Waals surface area contributed by atoms with Crippen LogP contribution in [0.1, 0.15) is 53.4 Å². The maximum atomic E-state index is 12.7. The van der Waals surface area contributed by atoms with E-state index in [4.69, 9.17) is 20.2 Å². The van der Waals surface area contributed by atoms with Crippen LogP contribution in [0.5, 0.6) is 5.75 Å². The van der Waals surface area contributed by atoms with E-state index >= 15 is 0 Å². The quantitative estimate of drug-likeness (QED) is 0.192. The predicted molar refractivity (Wildman–Crippen MR) is 167 cm³/mol. The maximum absolute atomic E-state index is 12.7. The summed E-state index contributed by atoms with van der Waals surface area (Å²) >= 11 is 0. The van der Waals surface area contributed by atoms with Crippen molar-refractivity contribution >= 4 is 47.1 Å². The van der Waals surface area contributed by atoms with Crippen molar-refractivity contribution in [2.75, 3.05) is 48.8 Å². The first kappa shape index (κ1) is 35.6. The van der Waals surface area contributed by atoms with Gasteiger partial charge in [0.1, 0.15) is 5.75 Å². The van der Waals surface area contributed by atoms with Crippen LogP contribution in [0.15, 0.2) is 48.8 Å². The summed E-state index contributed by atoms with van der Waals surface area (Å²) in [5.74, 6) is -0.318. The van der Waals surface area contributed by atoms with Crippen molar-refractivity contribution < 1.29 is 31.1 Å². The molecule has 0 spiro atoms. The van der Waals surface area contributed by atoms with Crippen molar-refractivity contribution in [2.24, 2.45) is 0 Å². The number of rotatable bonds is 13. The van der Waals surface area contributed by atoms with Gasteiger partial charge in [0.25, 0.3) is 5.72 Å². The Morgan fingerprint density at radius 2 is 1.50 bits per heavy atom. The van der Waals surface area contributed by atoms with E-state index in [0.29, 0.717) is 18.6 Å². The number of pyridine rings is 1. The zero-order chi connectivity index (χ0) is 31.4. The number of anilines is 2. The van der Waals surface area contributed by atoms with Gasteiger partial charge in [-0.1, -0.05) is 27.2 Å². The Bertz CT molecular complexity index is 1320. The zero-order valence-corrected chi connectivity index (χ0v) is 27.3. The van der Waals surface area contributed by atoms with Gasteiger partial charge in [0.2, 0.25) is 19.1 Å². The molecule has 236 valence electrons. The van der Waals surface area contributed by atoms with E-state index in [-0.39, 0.29) is 12.2 Å². The Morgan fingerprint density at radius 3 is 1.90 bits per heavy atom. The summed E-state index contributed by atoms with van der Waals surface area (Å²) in [5.41, 5.74) is 0.355. The monoisotopic (exact) mass is 646 g/mol. The number of benzene rings is 1. The highest BCUT2D eigenvalue weighted by Crippen LogP contribution is 2.27. The van der Waals surface area contributed by atoms with Crippen molar-refractivity contribution in [3.8, 4) is 5.75 Å². The average Bonchev–Trinajstić information content (AvgIpc) is 2.99. The Hall–Kier alpha value is -2.61. The van der Waals surface area contributed by atoms with Gasteiger partial charge < -0.3 is 19.3 Å². The first-order chi connectivity index (χ1) is 19.8. The van der Waals surface area contributed by atoms with Crippen molar-refractivity contribution in [1.82, 2.24) is 9.71 Å². The molecule has 0 radical (unpaired) electrons. The number of unbranched alkanes of at least 4 members (excludes halogenated alkanes) is 1. The molecular formula is C28H43ClN4O7S2. The maximum Gasteiger partial charge on any atom is 0.367 e. The van der Waals surface area contributed by atoms with Crippen LogP contribution in [-0.2, 0) is 28.6 Å². The van der Waals surface area contributed by atoms with Crippen LogP contribution in [0.2, 0.25) is 0 Å². The molecule has 11 nitrogen and oxygen atoms in total. The lowest BCUT2D eigenvalue weighted by Crippen LogP contribution is -2.60. The Labute approximate surface area is 255 Å². The lowest BCUT2D eigenvalue weighted by molar-refractivity contribution is -0.160. The fraction of sp³-hybridized carbons (Fsp3) is 0.571. The van der Waals surface area contributed by atoms with E-state index in [0.717, 1.165) is 44.0 Å². The summed E-state index contributed by atoms with van der Waals surface area (Å²) in [7, 11) is -0.921. The molecule has 1 saturated heterocycles. The Morgan fingerprint density at radius 1 is 0.976 bits per heavy atom. The van der Waals surface area contributed by atoms with E-state index < -0.39 is 36.0 Å². The van der Waals surface area contributed by atoms with Crippen LogP contribution in [0.3, 0.4) is 0 Å². The minimum Gasteiger partial charge on any atom is -0.465 e. The van der Waals surface area contributed by atoms with Gasteiger partial charge in [0.15, 0.2) is 0 Å². The second-order valence-corrected chi connectivity index (χ2v) is 14.9. The Kier molecular flexibility index (Phi) is 13.8. The van der Waals surface area contributed by atoms with Crippen molar-refractivity contribution in [2.45, 2.75) is 64.4 Å². The number of hydrogen-bond acceptors (Lipinski definition) is 10. The lowest BCUT2D eigenvalue weighted by Gasteiger charge is -2.37. The number of carbonyl (C=O) groups is 1. The number of hydrogen-bond donors (Lipinski definition) is 1. The number of carbonyl (C=O) groups excluding carboxylic acids is 1. The highest BCUT2D eigenvalue weighted by molar-refractivity contribution is 8.13. The molecule has 3 rings (SSSR count). The largest absolute Gasteiger partial charge is 0.465 e. The second-order valence-electron chi connectivity index (χ2n) is 9.91. The standard InChI is InChI=1S/C24H34N4O5S.C4H9ClO2S/c1-5-19(3)34(30,31)26-24(6-2,23(29)32-4)33-22-9-7-20(8-10-22)27-15-17-28(18-16-27)21-11-13-25-14-12-21;1-2-3-4-8(5,6)7/h7-14,19,26H,5-6,15-18H2,1-4H3;2-4H2,1H3. The number of halogens is 1. The molecule has 1 aromatic heterocycles. The molecule has 1 fully saturated rings. The van der Waals surface area contributed by atoms with Gasteiger partial charge in [-0.3, -0.25) is 4.98 Å². The normalized spacial score (nSPS) is 16.0. The topological polar surface area (TPSA) is 135 Å². The van der Waals surface area contributed by atoms with Gasteiger partial charge >= 0.3 is 5.97 Å². The third-order valence-corrected chi connectivity index (χ3v) is 10.2. The van der Waals surface area contributed by atoms with E-state index in [1.807, 2.05) is 31.2 Å². The highest BCUT2D eigenvalue weighted by Gasteiger charge is 2.45. The summed E-state index contributed by atoms with van der Waals surface area (Å²) in [4.78, 5) is 21.3. The number of methoxy groups -OCH3 is 1. The van der Waals surface area contributed by atoms with Crippen molar-refractivity contribution in [3.05, 3.63) is 48.8 Å². The lowest BCUT2D eigenvalue weighted by atomic mass is 10.1. The third kappa shape index (κ3) is 10.6. The highest BCUT2D eigenvalue weighted by atomic mass is 35.7. The van der Waals surface area contributed by atoms with Crippen molar-refractivity contribution in [3.63, 3.8) is 0 Å². The van der Waals surface area contributed by atoms with Crippen LogP contribution < -0.4 is 19.3 Å². The van der Waals surface area contributed by atoms with Crippen LogP contribution in [0.4, 0.5) is 11.4 Å². The Balaban J connectivity index is 0.000000675. The summed E-state index contributed by atoms with van der Waals surface area (Å²) < 4.78 is 59.1.